The maximum atomic E-state index is 2.42. The largest absolute Gasteiger partial charge is 0.0763 e. The van der Waals surface area contributed by atoms with Crippen LogP contribution in [0.5, 0.6) is 0 Å². The van der Waals surface area contributed by atoms with Crippen molar-refractivity contribution in [1.29, 1.82) is 0 Å². The predicted octanol–water partition coefficient (Wildman–Crippen LogP) is 5.32. The number of fused-ring (bicyclic) bond motifs is 1. The Morgan fingerprint density at radius 3 is 2.26 bits per heavy atom. The van der Waals surface area contributed by atoms with Crippen molar-refractivity contribution in [3.05, 3.63) is 63.8 Å². The molecule has 0 saturated heterocycles. The molecule has 2 aliphatic carbocycles. The molecule has 0 aliphatic heterocycles. The topological polar surface area (TPSA) is 0 Å². The smallest absolute Gasteiger partial charge is 0.00535 e. The van der Waals surface area contributed by atoms with Crippen LogP contribution in [0.25, 0.3) is 5.57 Å². The van der Waals surface area contributed by atoms with E-state index in [0.29, 0.717) is 5.92 Å². The zero-order chi connectivity index (χ0) is 13.6. The Morgan fingerprint density at radius 2 is 1.58 bits per heavy atom. The Hall–Kier alpha value is -1.56. The van der Waals surface area contributed by atoms with Crippen molar-refractivity contribution in [2.45, 2.75) is 40.5 Å². The maximum absolute atomic E-state index is 2.42. The molecule has 0 fully saturated rings. The van der Waals surface area contributed by atoms with Gasteiger partial charge in [0.2, 0.25) is 0 Å². The minimum Gasteiger partial charge on any atom is -0.0763 e. The first-order valence-corrected chi connectivity index (χ1v) is 7.22. The van der Waals surface area contributed by atoms with Crippen molar-refractivity contribution in [2.24, 2.45) is 5.92 Å². The lowest BCUT2D eigenvalue weighted by Crippen LogP contribution is -2.02. The monoisotopic (exact) mass is 250 g/mol. The molecule has 0 saturated carbocycles. The summed E-state index contributed by atoms with van der Waals surface area (Å²) in [5.41, 5.74) is 10.7. The van der Waals surface area contributed by atoms with E-state index in [-0.39, 0.29) is 0 Å². The van der Waals surface area contributed by atoms with Gasteiger partial charge in [-0.25, -0.2) is 0 Å². The second-order valence-corrected chi connectivity index (χ2v) is 5.96. The summed E-state index contributed by atoms with van der Waals surface area (Å²) in [6, 6.07) is 8.85. The molecule has 0 heterocycles. The van der Waals surface area contributed by atoms with Gasteiger partial charge in [0.25, 0.3) is 0 Å². The van der Waals surface area contributed by atoms with Gasteiger partial charge in [-0.05, 0) is 68.4 Å². The Morgan fingerprint density at radius 1 is 0.947 bits per heavy atom. The van der Waals surface area contributed by atoms with E-state index in [9.17, 15) is 0 Å². The van der Waals surface area contributed by atoms with Gasteiger partial charge in [-0.1, -0.05) is 41.5 Å². The summed E-state index contributed by atoms with van der Waals surface area (Å²) in [5, 5.41) is 0. The zero-order valence-corrected chi connectivity index (χ0v) is 12.4. The minimum atomic E-state index is 0.623. The summed E-state index contributed by atoms with van der Waals surface area (Å²) in [6.45, 7) is 9.15. The van der Waals surface area contributed by atoms with Crippen LogP contribution >= 0.6 is 0 Å². The van der Waals surface area contributed by atoms with E-state index in [1.165, 1.54) is 28.7 Å². The number of rotatable bonds is 2. The van der Waals surface area contributed by atoms with Crippen LogP contribution in [-0.2, 0) is 6.42 Å². The van der Waals surface area contributed by atoms with Crippen LogP contribution < -0.4 is 0 Å². The van der Waals surface area contributed by atoms with E-state index in [1.807, 2.05) is 0 Å². The SMILES string of the molecule is CC1=C(C)C(CC2=CCc3ccccc32)C(C)=C1C. The molecule has 0 heteroatoms. The van der Waals surface area contributed by atoms with E-state index in [0.717, 1.165) is 6.42 Å². The van der Waals surface area contributed by atoms with Crippen LogP contribution in [0, 0.1) is 5.92 Å². The Balaban J connectivity index is 1.89. The molecule has 0 aromatic heterocycles. The molecule has 0 unspecified atom stereocenters. The van der Waals surface area contributed by atoms with Gasteiger partial charge in [-0.15, -0.1) is 0 Å². The molecule has 0 radical (unpaired) electrons. The van der Waals surface area contributed by atoms with Crippen molar-refractivity contribution in [3.63, 3.8) is 0 Å². The second kappa shape index (κ2) is 4.52. The van der Waals surface area contributed by atoms with Crippen LogP contribution in [-0.4, -0.2) is 0 Å². The summed E-state index contributed by atoms with van der Waals surface area (Å²) < 4.78 is 0. The van der Waals surface area contributed by atoms with E-state index < -0.39 is 0 Å². The highest BCUT2D eigenvalue weighted by Gasteiger charge is 2.26. The van der Waals surface area contributed by atoms with Crippen LogP contribution in [0.2, 0.25) is 0 Å². The molecule has 0 atom stereocenters. The Bertz CT molecular complexity index is 599. The molecule has 19 heavy (non-hydrogen) atoms. The lowest BCUT2D eigenvalue weighted by molar-refractivity contribution is 0.747. The molecule has 98 valence electrons. The fourth-order valence-corrected chi connectivity index (χ4v) is 3.51. The fourth-order valence-electron chi connectivity index (χ4n) is 3.51. The summed E-state index contributed by atoms with van der Waals surface area (Å²) in [6.07, 6.45) is 4.71. The van der Waals surface area contributed by atoms with Gasteiger partial charge in [-0.3, -0.25) is 0 Å². The summed E-state index contributed by atoms with van der Waals surface area (Å²) in [7, 11) is 0. The number of benzene rings is 1. The maximum Gasteiger partial charge on any atom is 0.00535 e. The average molecular weight is 250 g/mol. The predicted molar refractivity (Wildman–Crippen MR) is 83.0 cm³/mol. The van der Waals surface area contributed by atoms with E-state index in [4.69, 9.17) is 0 Å². The standard InChI is InChI=1S/C19H22/c1-12-13(2)15(4)19(14(12)3)11-17-10-9-16-7-5-6-8-18(16)17/h5-8,10,19H,9,11H2,1-4H3. The number of hydrogen-bond acceptors (Lipinski definition) is 0. The van der Waals surface area contributed by atoms with Crippen LogP contribution in [0.15, 0.2) is 52.6 Å². The van der Waals surface area contributed by atoms with Gasteiger partial charge in [0.05, 0.1) is 0 Å². The minimum absolute atomic E-state index is 0.623. The summed E-state index contributed by atoms with van der Waals surface area (Å²) in [4.78, 5) is 0. The molecule has 0 bridgehead atoms. The van der Waals surface area contributed by atoms with Gasteiger partial charge in [0.15, 0.2) is 0 Å². The quantitative estimate of drug-likeness (QED) is 0.666. The molecule has 0 N–H and O–H groups in total. The van der Waals surface area contributed by atoms with E-state index in [2.05, 4.69) is 58.0 Å². The summed E-state index contributed by atoms with van der Waals surface area (Å²) >= 11 is 0. The molecule has 1 aromatic carbocycles. The third kappa shape index (κ3) is 1.90. The highest BCUT2D eigenvalue weighted by Crippen LogP contribution is 2.43. The molecule has 0 nitrogen and oxygen atoms in total. The normalized spacial score (nSPS) is 19.3. The third-order valence-electron chi connectivity index (χ3n) is 5.15. The molecule has 0 spiro atoms. The van der Waals surface area contributed by atoms with Gasteiger partial charge in [0, 0.05) is 5.92 Å². The Kier molecular flexibility index (Phi) is 2.97. The lowest BCUT2D eigenvalue weighted by atomic mass is 9.88. The van der Waals surface area contributed by atoms with E-state index in [1.54, 1.807) is 16.7 Å². The first-order valence-electron chi connectivity index (χ1n) is 7.22. The van der Waals surface area contributed by atoms with E-state index >= 15 is 0 Å². The third-order valence-corrected chi connectivity index (χ3v) is 5.15. The molecule has 3 rings (SSSR count). The van der Waals surface area contributed by atoms with Gasteiger partial charge in [-0.2, -0.15) is 0 Å². The van der Waals surface area contributed by atoms with Crippen molar-refractivity contribution in [2.75, 3.05) is 0 Å². The lowest BCUT2D eigenvalue weighted by Gasteiger charge is -2.16. The van der Waals surface area contributed by atoms with Gasteiger partial charge in [0.1, 0.15) is 0 Å². The van der Waals surface area contributed by atoms with Crippen LogP contribution in [0.1, 0.15) is 45.2 Å². The average Bonchev–Trinajstić information content (AvgIpc) is 2.91. The van der Waals surface area contributed by atoms with Crippen molar-refractivity contribution < 1.29 is 0 Å². The van der Waals surface area contributed by atoms with Crippen LogP contribution in [0.4, 0.5) is 0 Å². The van der Waals surface area contributed by atoms with Gasteiger partial charge >= 0.3 is 0 Å². The molecule has 2 aliphatic rings. The molecule has 1 aromatic rings. The van der Waals surface area contributed by atoms with Crippen LogP contribution in [0.3, 0.4) is 0 Å². The van der Waals surface area contributed by atoms with Crippen molar-refractivity contribution in [3.8, 4) is 0 Å². The molecule has 0 amide bonds. The summed E-state index contributed by atoms with van der Waals surface area (Å²) in [5.74, 6) is 0.623. The first-order chi connectivity index (χ1) is 9.09. The zero-order valence-electron chi connectivity index (χ0n) is 12.4. The fraction of sp³-hybridized carbons (Fsp3) is 0.368. The van der Waals surface area contributed by atoms with Crippen molar-refractivity contribution >= 4 is 5.57 Å². The second-order valence-electron chi connectivity index (χ2n) is 5.96. The highest BCUT2D eigenvalue weighted by molar-refractivity contribution is 5.74. The first kappa shape index (κ1) is 12.5. The van der Waals surface area contributed by atoms with Gasteiger partial charge < -0.3 is 0 Å². The molecular weight excluding hydrogens is 228 g/mol. The highest BCUT2D eigenvalue weighted by atomic mass is 14.3. The number of hydrogen-bond donors (Lipinski definition) is 0. The molecular formula is C19H22. The number of allylic oxidation sites excluding steroid dienone is 6. The Labute approximate surface area is 116 Å². The van der Waals surface area contributed by atoms with Crippen molar-refractivity contribution in [1.82, 2.24) is 0 Å².